The zero-order valence-corrected chi connectivity index (χ0v) is 10.1. The summed E-state index contributed by atoms with van der Waals surface area (Å²) in [7, 11) is 2.05. The molecule has 1 aliphatic carbocycles. The predicted octanol–water partition coefficient (Wildman–Crippen LogP) is 2.96. The van der Waals surface area contributed by atoms with Crippen LogP contribution in [0.15, 0.2) is 18.2 Å². The third-order valence-corrected chi connectivity index (χ3v) is 3.80. The van der Waals surface area contributed by atoms with E-state index in [2.05, 4.69) is 22.5 Å². The van der Waals surface area contributed by atoms with Crippen LogP contribution in [-0.4, -0.2) is 9.55 Å². The number of nitriles is 1. The molecule has 3 nitrogen and oxygen atoms in total. The van der Waals surface area contributed by atoms with Gasteiger partial charge < -0.3 is 4.57 Å². The first-order valence-corrected chi connectivity index (χ1v) is 6.08. The Hall–Kier alpha value is -1.82. The van der Waals surface area contributed by atoms with Crippen molar-refractivity contribution in [1.29, 1.82) is 5.26 Å². The number of nitrogens with zero attached hydrogens (tertiary/aromatic N) is 3. The van der Waals surface area contributed by atoms with Gasteiger partial charge in [0.2, 0.25) is 0 Å². The maximum Gasteiger partial charge on any atom is 0.112 e. The third-order valence-electron chi connectivity index (χ3n) is 3.80. The molecule has 1 fully saturated rings. The van der Waals surface area contributed by atoms with Gasteiger partial charge in [-0.3, -0.25) is 0 Å². The highest BCUT2D eigenvalue weighted by Gasteiger charge is 2.31. The number of hydrogen-bond acceptors (Lipinski definition) is 2. The van der Waals surface area contributed by atoms with Gasteiger partial charge in [-0.2, -0.15) is 5.26 Å². The number of rotatable bonds is 2. The van der Waals surface area contributed by atoms with Crippen LogP contribution in [-0.2, 0) is 7.05 Å². The quantitative estimate of drug-likeness (QED) is 0.788. The standard InChI is InChI=1S/C14H15N3/c1-9(10-6-7-10)14-16-13-11(8-15)4-3-5-12(13)17(14)2/h3-5,9-10H,6-7H2,1-2H3. The predicted molar refractivity (Wildman–Crippen MR) is 66.6 cm³/mol. The molecule has 0 N–H and O–H groups in total. The number of benzene rings is 1. The summed E-state index contributed by atoms with van der Waals surface area (Å²) in [6.45, 7) is 2.24. The fraction of sp³-hybridized carbons (Fsp3) is 0.429. The Morgan fingerprint density at radius 3 is 2.88 bits per heavy atom. The van der Waals surface area contributed by atoms with Crippen molar-refractivity contribution in [2.75, 3.05) is 0 Å². The number of aryl methyl sites for hydroxylation is 1. The lowest BCUT2D eigenvalue weighted by molar-refractivity contribution is 0.599. The fourth-order valence-electron chi connectivity index (χ4n) is 2.54. The van der Waals surface area contributed by atoms with Crippen molar-refractivity contribution >= 4 is 11.0 Å². The van der Waals surface area contributed by atoms with Crippen molar-refractivity contribution in [3.05, 3.63) is 29.6 Å². The number of para-hydroxylation sites is 1. The average Bonchev–Trinajstić information content (AvgIpc) is 3.14. The van der Waals surface area contributed by atoms with Crippen molar-refractivity contribution < 1.29 is 0 Å². The van der Waals surface area contributed by atoms with Gasteiger partial charge in [0.1, 0.15) is 17.4 Å². The van der Waals surface area contributed by atoms with E-state index >= 15 is 0 Å². The maximum absolute atomic E-state index is 9.10. The minimum absolute atomic E-state index is 0.499. The summed E-state index contributed by atoms with van der Waals surface area (Å²) in [6, 6.07) is 8.01. The second-order valence-corrected chi connectivity index (χ2v) is 4.94. The normalized spacial score (nSPS) is 17.0. The van der Waals surface area contributed by atoms with E-state index in [4.69, 9.17) is 5.26 Å². The van der Waals surface area contributed by atoms with Crippen molar-refractivity contribution in [2.45, 2.75) is 25.7 Å². The molecule has 0 radical (unpaired) electrons. The van der Waals surface area contributed by atoms with Crippen LogP contribution in [0, 0.1) is 17.2 Å². The van der Waals surface area contributed by atoms with Crippen molar-refractivity contribution in [2.24, 2.45) is 13.0 Å². The first kappa shape index (κ1) is 10.3. The SMILES string of the molecule is CC(c1nc2c(C#N)cccc2n1C)C1CC1. The van der Waals surface area contributed by atoms with E-state index in [0.717, 1.165) is 22.8 Å². The summed E-state index contributed by atoms with van der Waals surface area (Å²) < 4.78 is 2.14. The van der Waals surface area contributed by atoms with E-state index in [1.165, 1.54) is 12.8 Å². The third kappa shape index (κ3) is 1.52. The molecule has 0 saturated heterocycles. The van der Waals surface area contributed by atoms with Crippen LogP contribution >= 0.6 is 0 Å². The van der Waals surface area contributed by atoms with E-state index in [9.17, 15) is 0 Å². The Bertz CT molecular complexity index is 614. The molecular formula is C14H15N3. The van der Waals surface area contributed by atoms with E-state index in [0.29, 0.717) is 11.5 Å². The molecule has 1 unspecified atom stereocenters. The largest absolute Gasteiger partial charge is 0.331 e. The zero-order chi connectivity index (χ0) is 12.0. The zero-order valence-electron chi connectivity index (χ0n) is 10.1. The lowest BCUT2D eigenvalue weighted by Crippen LogP contribution is -2.04. The lowest BCUT2D eigenvalue weighted by atomic mass is 10.1. The highest BCUT2D eigenvalue weighted by atomic mass is 15.1. The van der Waals surface area contributed by atoms with Crippen LogP contribution in [0.3, 0.4) is 0 Å². The molecule has 0 amide bonds. The molecule has 0 bridgehead atoms. The summed E-state index contributed by atoms with van der Waals surface area (Å²) in [5.41, 5.74) is 2.58. The molecule has 17 heavy (non-hydrogen) atoms. The van der Waals surface area contributed by atoms with Gasteiger partial charge in [0.05, 0.1) is 11.1 Å². The van der Waals surface area contributed by atoms with E-state index < -0.39 is 0 Å². The van der Waals surface area contributed by atoms with Crippen molar-refractivity contribution in [1.82, 2.24) is 9.55 Å². The number of imidazole rings is 1. The number of hydrogen-bond donors (Lipinski definition) is 0. The van der Waals surface area contributed by atoms with Gasteiger partial charge in [0.15, 0.2) is 0 Å². The Balaban J connectivity index is 2.21. The van der Waals surface area contributed by atoms with Crippen LogP contribution in [0.2, 0.25) is 0 Å². The fourth-order valence-corrected chi connectivity index (χ4v) is 2.54. The minimum Gasteiger partial charge on any atom is -0.331 e. The smallest absolute Gasteiger partial charge is 0.112 e. The number of fused-ring (bicyclic) bond motifs is 1. The molecule has 2 aromatic rings. The highest BCUT2D eigenvalue weighted by molar-refractivity contribution is 5.82. The molecule has 1 aromatic carbocycles. The Morgan fingerprint density at radius 1 is 1.47 bits per heavy atom. The molecule has 1 aromatic heterocycles. The second kappa shape index (κ2) is 3.59. The molecule has 1 atom stereocenters. The van der Waals surface area contributed by atoms with E-state index in [1.807, 2.05) is 25.2 Å². The Kier molecular flexibility index (Phi) is 2.19. The molecule has 1 saturated carbocycles. The van der Waals surface area contributed by atoms with Gasteiger partial charge in [-0.05, 0) is 30.9 Å². The monoisotopic (exact) mass is 225 g/mol. The molecule has 0 aliphatic heterocycles. The topological polar surface area (TPSA) is 41.6 Å². The molecule has 0 spiro atoms. The van der Waals surface area contributed by atoms with Gasteiger partial charge in [0.25, 0.3) is 0 Å². The first-order valence-electron chi connectivity index (χ1n) is 6.08. The molecule has 3 heteroatoms. The van der Waals surface area contributed by atoms with E-state index in [-0.39, 0.29) is 0 Å². The average molecular weight is 225 g/mol. The van der Waals surface area contributed by atoms with Gasteiger partial charge in [0, 0.05) is 13.0 Å². The van der Waals surface area contributed by atoms with Crippen LogP contribution in [0.1, 0.15) is 37.1 Å². The molecule has 1 heterocycles. The molecule has 3 rings (SSSR count). The van der Waals surface area contributed by atoms with Gasteiger partial charge in [-0.1, -0.05) is 13.0 Å². The summed E-state index contributed by atoms with van der Waals surface area (Å²) in [4.78, 5) is 4.68. The van der Waals surface area contributed by atoms with Gasteiger partial charge in [-0.25, -0.2) is 4.98 Å². The van der Waals surface area contributed by atoms with Crippen molar-refractivity contribution in [3.8, 4) is 6.07 Å². The number of aromatic nitrogens is 2. The first-order chi connectivity index (χ1) is 8.22. The Morgan fingerprint density at radius 2 is 2.24 bits per heavy atom. The van der Waals surface area contributed by atoms with Crippen molar-refractivity contribution in [3.63, 3.8) is 0 Å². The molecule has 1 aliphatic rings. The summed E-state index contributed by atoms with van der Waals surface area (Å²) in [5.74, 6) is 2.40. The maximum atomic E-state index is 9.10. The molecule has 86 valence electrons. The summed E-state index contributed by atoms with van der Waals surface area (Å²) in [6.07, 6.45) is 2.63. The van der Waals surface area contributed by atoms with Crippen LogP contribution in [0.25, 0.3) is 11.0 Å². The minimum atomic E-state index is 0.499. The van der Waals surface area contributed by atoms with E-state index in [1.54, 1.807) is 0 Å². The lowest BCUT2D eigenvalue weighted by Gasteiger charge is -2.09. The van der Waals surface area contributed by atoms with Crippen LogP contribution < -0.4 is 0 Å². The summed E-state index contributed by atoms with van der Waals surface area (Å²) in [5, 5.41) is 9.10. The van der Waals surface area contributed by atoms with Gasteiger partial charge in [-0.15, -0.1) is 0 Å². The second-order valence-electron chi connectivity index (χ2n) is 4.94. The van der Waals surface area contributed by atoms with Crippen LogP contribution in [0.5, 0.6) is 0 Å². The summed E-state index contributed by atoms with van der Waals surface area (Å²) >= 11 is 0. The Labute approximate surface area is 101 Å². The highest BCUT2D eigenvalue weighted by Crippen LogP contribution is 2.42. The van der Waals surface area contributed by atoms with Gasteiger partial charge >= 0.3 is 0 Å². The molecular weight excluding hydrogens is 210 g/mol. The van der Waals surface area contributed by atoms with Crippen LogP contribution in [0.4, 0.5) is 0 Å².